The normalized spacial score (nSPS) is 16.2. The number of primary amides is 1. The average Bonchev–Trinajstić information content (AvgIpc) is 3.71. The molecule has 2 amide bonds. The second-order valence-electron chi connectivity index (χ2n) is 10.7. The van der Waals surface area contributed by atoms with Crippen LogP contribution in [0, 0.1) is 0 Å². The monoisotopic (exact) mass is 560 g/mol. The molecular weight excluding hydrogens is 531 g/mol. The van der Waals surface area contributed by atoms with E-state index in [1.165, 1.54) is 10.9 Å². The molecule has 0 bridgehead atoms. The lowest BCUT2D eigenvalue weighted by molar-refractivity contribution is -0.135. The van der Waals surface area contributed by atoms with Crippen molar-refractivity contribution in [1.29, 1.82) is 0 Å². The number of halogens is 2. The molecule has 4 aromatic rings. The van der Waals surface area contributed by atoms with Crippen molar-refractivity contribution >= 4 is 45.9 Å². The van der Waals surface area contributed by atoms with E-state index >= 15 is 0 Å². The van der Waals surface area contributed by atoms with Gasteiger partial charge in [-0.15, -0.1) is 0 Å². The third kappa shape index (κ3) is 5.41. The molecule has 1 saturated carbocycles. The first kappa shape index (κ1) is 25.9. The molecule has 8 heteroatoms. The fraction of sp³-hybridized carbons (Fsp3) is 0.323. The number of hydrogen-bond donors (Lipinski definition) is 1. The molecule has 6 nitrogen and oxygen atoms in total. The van der Waals surface area contributed by atoms with Crippen LogP contribution < -0.4 is 5.73 Å². The molecule has 39 heavy (non-hydrogen) atoms. The van der Waals surface area contributed by atoms with Crippen molar-refractivity contribution < 1.29 is 9.59 Å². The van der Waals surface area contributed by atoms with Gasteiger partial charge in [0.1, 0.15) is 6.42 Å². The summed E-state index contributed by atoms with van der Waals surface area (Å²) >= 11 is 12.5. The molecule has 2 aliphatic rings. The predicted octanol–water partition coefficient (Wildman–Crippen LogP) is 6.44. The summed E-state index contributed by atoms with van der Waals surface area (Å²) < 4.78 is 2.21. The number of aromatic nitrogens is 2. The molecule has 3 aromatic carbocycles. The van der Waals surface area contributed by atoms with Crippen LogP contribution in [-0.2, 0) is 9.59 Å². The fourth-order valence-corrected chi connectivity index (χ4v) is 6.06. The van der Waals surface area contributed by atoms with Gasteiger partial charge in [0.2, 0.25) is 11.8 Å². The molecule has 0 unspecified atom stereocenters. The molecular formula is C31H30Cl2N4O2. The number of carbonyl (C=O) groups excluding carboxylic acids is 2. The predicted molar refractivity (Wildman–Crippen MR) is 154 cm³/mol. The minimum atomic E-state index is -0.584. The summed E-state index contributed by atoms with van der Waals surface area (Å²) in [6.45, 7) is 1.21. The summed E-state index contributed by atoms with van der Waals surface area (Å²) in [5, 5.41) is 7.75. The van der Waals surface area contributed by atoms with E-state index in [9.17, 15) is 9.59 Å². The summed E-state index contributed by atoms with van der Waals surface area (Å²) in [4.78, 5) is 25.4. The van der Waals surface area contributed by atoms with Crippen LogP contribution >= 0.6 is 23.2 Å². The Labute approximate surface area is 237 Å². The number of amides is 2. The van der Waals surface area contributed by atoms with E-state index < -0.39 is 5.91 Å². The molecule has 0 radical (unpaired) electrons. The van der Waals surface area contributed by atoms with Gasteiger partial charge in [-0.05, 0) is 78.8 Å². The lowest BCUT2D eigenvalue weighted by Gasteiger charge is -2.31. The van der Waals surface area contributed by atoms with Gasteiger partial charge in [0.25, 0.3) is 0 Å². The summed E-state index contributed by atoms with van der Waals surface area (Å²) in [7, 11) is 0. The van der Waals surface area contributed by atoms with Gasteiger partial charge in [-0.2, -0.15) is 5.10 Å². The molecule has 2 N–H and O–H groups in total. The Morgan fingerprint density at radius 2 is 1.41 bits per heavy atom. The van der Waals surface area contributed by atoms with Crippen molar-refractivity contribution in [3.63, 3.8) is 0 Å². The molecule has 6 rings (SSSR count). The fourth-order valence-electron chi connectivity index (χ4n) is 5.81. The van der Waals surface area contributed by atoms with Crippen LogP contribution in [0.15, 0.2) is 66.7 Å². The Bertz CT molecular complexity index is 1470. The highest BCUT2D eigenvalue weighted by Gasteiger charge is 2.32. The Morgan fingerprint density at radius 1 is 0.846 bits per heavy atom. The Kier molecular flexibility index (Phi) is 7.08. The van der Waals surface area contributed by atoms with Gasteiger partial charge in [-0.1, -0.05) is 53.5 Å². The third-order valence-corrected chi connectivity index (χ3v) is 8.46. The summed E-state index contributed by atoms with van der Waals surface area (Å²) in [6.07, 6.45) is 3.68. The largest absolute Gasteiger partial charge is 0.369 e. The van der Waals surface area contributed by atoms with Crippen molar-refractivity contribution in [3.05, 3.63) is 99.2 Å². The van der Waals surface area contributed by atoms with Crippen LogP contribution in [0.4, 0.5) is 0 Å². The van der Waals surface area contributed by atoms with Crippen LogP contribution in [0.25, 0.3) is 10.9 Å². The van der Waals surface area contributed by atoms with Crippen molar-refractivity contribution in [3.8, 4) is 0 Å². The third-order valence-electron chi connectivity index (χ3n) is 7.95. The van der Waals surface area contributed by atoms with Crippen molar-refractivity contribution in [2.45, 2.75) is 50.0 Å². The van der Waals surface area contributed by atoms with Crippen LogP contribution in [0.5, 0.6) is 0 Å². The first-order valence-electron chi connectivity index (χ1n) is 13.5. The molecule has 2 heterocycles. The second-order valence-corrected chi connectivity index (χ2v) is 11.5. The smallest absolute Gasteiger partial charge is 0.231 e. The van der Waals surface area contributed by atoms with Gasteiger partial charge in [0.05, 0.1) is 17.3 Å². The Balaban J connectivity index is 1.38. The van der Waals surface area contributed by atoms with E-state index in [1.54, 1.807) is 4.90 Å². The van der Waals surface area contributed by atoms with Crippen LogP contribution in [0.2, 0.25) is 10.0 Å². The number of nitrogens with zero attached hydrogens (tertiary/aromatic N) is 3. The molecule has 0 spiro atoms. The molecule has 1 aliphatic carbocycles. The van der Waals surface area contributed by atoms with Gasteiger partial charge in [0.15, 0.2) is 0 Å². The van der Waals surface area contributed by atoms with Gasteiger partial charge >= 0.3 is 0 Å². The van der Waals surface area contributed by atoms with E-state index in [4.69, 9.17) is 34.0 Å². The van der Waals surface area contributed by atoms with Gasteiger partial charge in [-0.25, -0.2) is 0 Å². The van der Waals surface area contributed by atoms with Gasteiger partial charge in [0, 0.05) is 40.4 Å². The maximum Gasteiger partial charge on any atom is 0.231 e. The highest BCUT2D eigenvalue weighted by molar-refractivity contribution is 6.30. The second kappa shape index (κ2) is 10.7. The number of nitrogens with two attached hydrogens (primary N) is 1. The van der Waals surface area contributed by atoms with Crippen molar-refractivity contribution in [1.82, 2.24) is 14.7 Å². The topological polar surface area (TPSA) is 81.2 Å². The van der Waals surface area contributed by atoms with E-state index in [1.807, 2.05) is 24.3 Å². The lowest BCUT2D eigenvalue weighted by atomic mass is 9.84. The maximum absolute atomic E-state index is 12.4. The van der Waals surface area contributed by atoms with Crippen molar-refractivity contribution in [2.75, 3.05) is 13.1 Å². The standard InChI is InChI=1S/C31H30Cl2N4O2/c32-23-6-1-19(2-7-23)30(20-3-8-24(33)9-4-20)22-5-12-27-26(17-22)31(35-37(27)25-10-11-25)21-13-15-36(16-14-21)29(39)18-28(34)38/h1-9,12,17,21,25,30H,10-11,13-16,18H2,(H2,34,38). The zero-order chi connectivity index (χ0) is 27.1. The Hall–Kier alpha value is -3.35. The minimum absolute atomic E-state index is 0.00864. The zero-order valence-electron chi connectivity index (χ0n) is 21.5. The minimum Gasteiger partial charge on any atom is -0.369 e. The molecule has 1 aromatic heterocycles. The Morgan fingerprint density at radius 3 is 1.95 bits per heavy atom. The van der Waals surface area contributed by atoms with E-state index in [-0.39, 0.29) is 24.2 Å². The number of rotatable bonds is 7. The highest BCUT2D eigenvalue weighted by Crippen LogP contribution is 2.42. The van der Waals surface area contributed by atoms with E-state index in [0.29, 0.717) is 29.2 Å². The average molecular weight is 562 g/mol. The molecule has 0 atom stereocenters. The molecule has 1 saturated heterocycles. The SMILES string of the molecule is NC(=O)CC(=O)N1CCC(c2nn(C3CC3)c3ccc(C(c4ccc(Cl)cc4)c4ccc(Cl)cc4)cc23)CC1. The molecule has 2 fully saturated rings. The maximum atomic E-state index is 12.4. The molecule has 200 valence electrons. The number of hydrogen-bond acceptors (Lipinski definition) is 3. The van der Waals surface area contributed by atoms with Crippen LogP contribution in [-0.4, -0.2) is 39.6 Å². The number of benzene rings is 3. The summed E-state index contributed by atoms with van der Waals surface area (Å²) in [6, 6.07) is 23.2. The number of carbonyl (C=O) groups is 2. The zero-order valence-corrected chi connectivity index (χ0v) is 23.0. The van der Waals surface area contributed by atoms with Crippen LogP contribution in [0.1, 0.15) is 72.4 Å². The number of likely N-dealkylation sites (tertiary alicyclic amines) is 1. The first-order chi connectivity index (χ1) is 18.9. The van der Waals surface area contributed by atoms with Gasteiger partial charge in [-0.3, -0.25) is 14.3 Å². The summed E-state index contributed by atoms with van der Waals surface area (Å²) in [5.41, 5.74) is 11.0. The summed E-state index contributed by atoms with van der Waals surface area (Å²) in [5.74, 6) is -0.524. The van der Waals surface area contributed by atoms with Gasteiger partial charge < -0.3 is 10.6 Å². The quantitative estimate of drug-likeness (QED) is 0.208. The van der Waals surface area contributed by atoms with Crippen molar-refractivity contribution in [2.24, 2.45) is 5.73 Å². The van der Waals surface area contributed by atoms with E-state index in [2.05, 4.69) is 47.1 Å². The number of fused-ring (bicyclic) bond motifs is 1. The molecule has 1 aliphatic heterocycles. The van der Waals surface area contributed by atoms with Crippen LogP contribution in [0.3, 0.4) is 0 Å². The number of piperidine rings is 1. The first-order valence-corrected chi connectivity index (χ1v) is 14.2. The van der Waals surface area contributed by atoms with E-state index in [0.717, 1.165) is 48.0 Å². The lowest BCUT2D eigenvalue weighted by Crippen LogP contribution is -2.39. The highest BCUT2D eigenvalue weighted by atomic mass is 35.5.